The summed E-state index contributed by atoms with van der Waals surface area (Å²) in [6.07, 6.45) is 1.07. The van der Waals surface area contributed by atoms with Crippen LogP contribution in [0.15, 0.2) is 23.1 Å². The van der Waals surface area contributed by atoms with E-state index in [4.69, 9.17) is 10.8 Å². The van der Waals surface area contributed by atoms with E-state index >= 15 is 0 Å². The van der Waals surface area contributed by atoms with Crippen molar-refractivity contribution in [1.29, 1.82) is 0 Å². The van der Waals surface area contributed by atoms with Crippen LogP contribution in [0.1, 0.15) is 19.8 Å². The summed E-state index contributed by atoms with van der Waals surface area (Å²) in [4.78, 5) is 0.00801. The van der Waals surface area contributed by atoms with E-state index in [1.807, 2.05) is 0 Å². The third kappa shape index (κ3) is 3.86. The van der Waals surface area contributed by atoms with Gasteiger partial charge >= 0.3 is 0 Å². The highest BCUT2D eigenvalue weighted by Crippen LogP contribution is 2.23. The topological polar surface area (TPSA) is 113 Å². The fourth-order valence-corrected chi connectivity index (χ4v) is 2.80. The maximum Gasteiger partial charge on any atom is 0.240 e. The largest absolute Gasteiger partial charge is 0.506 e. The van der Waals surface area contributed by atoms with Crippen molar-refractivity contribution in [2.75, 3.05) is 12.3 Å². The van der Waals surface area contributed by atoms with Crippen LogP contribution in [0, 0.1) is 0 Å². The molecule has 102 valence electrons. The van der Waals surface area contributed by atoms with Crippen molar-refractivity contribution in [3.8, 4) is 5.75 Å². The molecule has 0 radical (unpaired) electrons. The highest BCUT2D eigenvalue weighted by atomic mass is 32.2. The van der Waals surface area contributed by atoms with E-state index in [0.717, 1.165) is 0 Å². The van der Waals surface area contributed by atoms with Gasteiger partial charge in [0, 0.05) is 12.6 Å². The number of phenols is 1. The second kappa shape index (κ2) is 6.03. The minimum absolute atomic E-state index is 0.00801. The molecule has 0 saturated heterocycles. The van der Waals surface area contributed by atoms with E-state index < -0.39 is 10.0 Å². The summed E-state index contributed by atoms with van der Waals surface area (Å²) in [5.74, 6) is -0.151. The molecule has 0 saturated carbocycles. The first-order chi connectivity index (χ1) is 8.36. The van der Waals surface area contributed by atoms with Crippen molar-refractivity contribution in [3.05, 3.63) is 18.2 Å². The standard InChI is InChI=1S/C11H18N2O4S/c1-8(3-2-6-14)13-18(16,17)9-4-5-11(15)10(12)7-9/h4-5,7-8,13-15H,2-3,6,12H2,1H3. The molecule has 7 heteroatoms. The van der Waals surface area contributed by atoms with Crippen LogP contribution in [0.4, 0.5) is 5.69 Å². The Morgan fingerprint density at radius 2 is 2.11 bits per heavy atom. The Bertz CT molecular complexity index is 502. The lowest BCUT2D eigenvalue weighted by Gasteiger charge is -2.14. The molecule has 5 N–H and O–H groups in total. The molecular formula is C11H18N2O4S. The van der Waals surface area contributed by atoms with E-state index in [1.165, 1.54) is 18.2 Å². The number of nitrogen functional groups attached to an aromatic ring is 1. The first-order valence-corrected chi connectivity index (χ1v) is 7.07. The monoisotopic (exact) mass is 274 g/mol. The van der Waals surface area contributed by atoms with E-state index in [0.29, 0.717) is 12.8 Å². The van der Waals surface area contributed by atoms with Crippen molar-refractivity contribution in [3.63, 3.8) is 0 Å². The normalized spacial score (nSPS) is 13.4. The minimum atomic E-state index is -3.65. The molecule has 1 atom stereocenters. The van der Waals surface area contributed by atoms with E-state index in [2.05, 4.69) is 4.72 Å². The minimum Gasteiger partial charge on any atom is -0.506 e. The molecule has 1 rings (SSSR count). The molecule has 0 aromatic heterocycles. The summed E-state index contributed by atoms with van der Waals surface area (Å²) in [5.41, 5.74) is 5.47. The number of hydrogen-bond donors (Lipinski definition) is 4. The summed E-state index contributed by atoms with van der Waals surface area (Å²) in [7, 11) is -3.65. The van der Waals surface area contributed by atoms with Gasteiger partial charge in [0.2, 0.25) is 10.0 Å². The predicted molar refractivity (Wildman–Crippen MR) is 68.6 cm³/mol. The van der Waals surface area contributed by atoms with Gasteiger partial charge < -0.3 is 15.9 Å². The van der Waals surface area contributed by atoms with Crippen LogP contribution in [0.2, 0.25) is 0 Å². The fourth-order valence-electron chi connectivity index (χ4n) is 1.49. The lowest BCUT2D eigenvalue weighted by molar-refractivity contribution is 0.279. The molecule has 1 aromatic rings. The number of sulfonamides is 1. The number of aliphatic hydroxyl groups is 1. The molecule has 1 aromatic carbocycles. The van der Waals surface area contributed by atoms with Crippen molar-refractivity contribution >= 4 is 15.7 Å². The average molecular weight is 274 g/mol. The number of rotatable bonds is 6. The highest BCUT2D eigenvalue weighted by Gasteiger charge is 2.18. The molecule has 0 amide bonds. The Morgan fingerprint density at radius 3 is 2.67 bits per heavy atom. The van der Waals surface area contributed by atoms with E-state index in [1.54, 1.807) is 6.92 Å². The SMILES string of the molecule is CC(CCCO)NS(=O)(=O)c1ccc(O)c(N)c1. The van der Waals surface area contributed by atoms with Crippen molar-refractivity contribution in [2.45, 2.75) is 30.7 Å². The van der Waals surface area contributed by atoms with Crippen LogP contribution >= 0.6 is 0 Å². The number of hydrogen-bond acceptors (Lipinski definition) is 5. The zero-order valence-corrected chi connectivity index (χ0v) is 10.9. The molecule has 0 fully saturated rings. The Hall–Kier alpha value is -1.31. The maximum atomic E-state index is 12.0. The van der Waals surface area contributed by atoms with Gasteiger partial charge in [-0.15, -0.1) is 0 Å². The van der Waals surface area contributed by atoms with Gasteiger partial charge in [-0.1, -0.05) is 0 Å². The van der Waals surface area contributed by atoms with Gasteiger partial charge in [-0.2, -0.15) is 0 Å². The predicted octanol–water partition coefficient (Wildman–Crippen LogP) is 0.414. The second-order valence-electron chi connectivity index (χ2n) is 4.11. The van der Waals surface area contributed by atoms with Gasteiger partial charge in [-0.25, -0.2) is 13.1 Å². The highest BCUT2D eigenvalue weighted by molar-refractivity contribution is 7.89. The molecule has 0 bridgehead atoms. The van der Waals surface area contributed by atoms with Crippen LogP contribution < -0.4 is 10.5 Å². The number of aromatic hydroxyl groups is 1. The number of phenolic OH excluding ortho intramolecular Hbond substituents is 1. The lowest BCUT2D eigenvalue weighted by Crippen LogP contribution is -2.32. The molecular weight excluding hydrogens is 256 g/mol. The lowest BCUT2D eigenvalue weighted by atomic mass is 10.2. The van der Waals surface area contributed by atoms with Gasteiger partial charge in [0.15, 0.2) is 0 Å². The van der Waals surface area contributed by atoms with Gasteiger partial charge in [0.1, 0.15) is 5.75 Å². The maximum absolute atomic E-state index is 12.0. The van der Waals surface area contributed by atoms with Gasteiger partial charge in [0.25, 0.3) is 0 Å². The van der Waals surface area contributed by atoms with Crippen molar-refractivity contribution in [1.82, 2.24) is 4.72 Å². The van der Waals surface area contributed by atoms with Crippen LogP contribution in [0.3, 0.4) is 0 Å². The fraction of sp³-hybridized carbons (Fsp3) is 0.455. The van der Waals surface area contributed by atoms with Crippen LogP contribution in [-0.4, -0.2) is 31.3 Å². The summed E-state index contributed by atoms with van der Waals surface area (Å²) >= 11 is 0. The molecule has 1 unspecified atom stereocenters. The molecule has 18 heavy (non-hydrogen) atoms. The third-order valence-corrected chi connectivity index (χ3v) is 4.05. The van der Waals surface area contributed by atoms with Gasteiger partial charge in [-0.05, 0) is 38.0 Å². The van der Waals surface area contributed by atoms with Crippen molar-refractivity contribution < 1.29 is 18.6 Å². The number of benzene rings is 1. The first-order valence-electron chi connectivity index (χ1n) is 5.58. The number of nitrogens with one attached hydrogen (secondary N) is 1. The van der Waals surface area contributed by atoms with E-state index in [-0.39, 0.29) is 29.0 Å². The zero-order valence-electron chi connectivity index (χ0n) is 10.1. The Labute approximate surface area is 106 Å². The number of aliphatic hydroxyl groups excluding tert-OH is 1. The average Bonchev–Trinajstić information content (AvgIpc) is 2.29. The quantitative estimate of drug-likeness (QED) is 0.443. The molecule has 0 aliphatic heterocycles. The van der Waals surface area contributed by atoms with Gasteiger partial charge in [0.05, 0.1) is 10.6 Å². The summed E-state index contributed by atoms with van der Waals surface area (Å²) in [5, 5.41) is 17.9. The van der Waals surface area contributed by atoms with E-state index in [9.17, 15) is 13.5 Å². The number of nitrogens with two attached hydrogens (primary N) is 1. The summed E-state index contributed by atoms with van der Waals surface area (Å²) < 4.78 is 26.4. The summed E-state index contributed by atoms with van der Waals surface area (Å²) in [6.45, 7) is 1.75. The third-order valence-electron chi connectivity index (χ3n) is 2.46. The first kappa shape index (κ1) is 14.7. The Morgan fingerprint density at radius 1 is 1.44 bits per heavy atom. The molecule has 0 spiro atoms. The zero-order chi connectivity index (χ0) is 13.8. The Balaban J connectivity index is 2.83. The van der Waals surface area contributed by atoms with Crippen LogP contribution in [-0.2, 0) is 10.0 Å². The van der Waals surface area contributed by atoms with Crippen LogP contribution in [0.25, 0.3) is 0 Å². The smallest absolute Gasteiger partial charge is 0.240 e. The number of anilines is 1. The van der Waals surface area contributed by atoms with Gasteiger partial charge in [-0.3, -0.25) is 0 Å². The summed E-state index contributed by atoms with van der Waals surface area (Å²) in [6, 6.07) is 3.45. The second-order valence-corrected chi connectivity index (χ2v) is 5.82. The Kier molecular flexibility index (Phi) is 4.94. The molecule has 0 heterocycles. The van der Waals surface area contributed by atoms with Crippen LogP contribution in [0.5, 0.6) is 5.75 Å². The molecule has 6 nitrogen and oxygen atoms in total. The van der Waals surface area contributed by atoms with Crippen molar-refractivity contribution in [2.24, 2.45) is 0 Å². The molecule has 0 aliphatic carbocycles. The molecule has 0 aliphatic rings.